The summed E-state index contributed by atoms with van der Waals surface area (Å²) in [5.74, 6) is 0. The highest BCUT2D eigenvalue weighted by molar-refractivity contribution is 6.31. The Morgan fingerprint density at radius 1 is 1.62 bits per heavy atom. The van der Waals surface area contributed by atoms with Crippen LogP contribution in [0.1, 0.15) is 13.3 Å². The summed E-state index contributed by atoms with van der Waals surface area (Å²) in [5, 5.41) is 0.896. The first-order valence-electron chi connectivity index (χ1n) is 2.67. The van der Waals surface area contributed by atoms with Gasteiger partial charge in [0.1, 0.15) is 0 Å². The molecule has 0 unspecified atom stereocenters. The van der Waals surface area contributed by atoms with Gasteiger partial charge < -0.3 is 0 Å². The Morgan fingerprint density at radius 2 is 2.38 bits per heavy atom. The van der Waals surface area contributed by atoms with E-state index < -0.39 is 0 Å². The van der Waals surface area contributed by atoms with E-state index in [1.165, 1.54) is 0 Å². The summed E-state index contributed by atoms with van der Waals surface area (Å²) in [7, 11) is 0. The van der Waals surface area contributed by atoms with E-state index >= 15 is 0 Å². The molecule has 8 heavy (non-hydrogen) atoms. The van der Waals surface area contributed by atoms with Gasteiger partial charge in [-0.15, -0.1) is 0 Å². The summed E-state index contributed by atoms with van der Waals surface area (Å²) < 4.78 is 0. The van der Waals surface area contributed by atoms with Gasteiger partial charge in [0.2, 0.25) is 0 Å². The van der Waals surface area contributed by atoms with E-state index in [0.717, 1.165) is 17.0 Å². The van der Waals surface area contributed by atoms with Crippen LogP contribution in [0, 0.1) is 6.42 Å². The van der Waals surface area contributed by atoms with Crippen LogP contribution in [0.3, 0.4) is 0 Å². The molecule has 0 nitrogen and oxygen atoms in total. The monoisotopic (exact) mass is 127 g/mol. The molecule has 0 saturated heterocycles. The Labute approximate surface area is 54.8 Å². The van der Waals surface area contributed by atoms with Crippen LogP contribution in [0.5, 0.6) is 0 Å². The van der Waals surface area contributed by atoms with E-state index in [1.54, 1.807) is 0 Å². The Hall–Kier alpha value is -0.230. The van der Waals surface area contributed by atoms with Crippen LogP contribution in [0.15, 0.2) is 22.8 Å². The van der Waals surface area contributed by atoms with Gasteiger partial charge in [-0.3, -0.25) is 0 Å². The zero-order valence-corrected chi connectivity index (χ0v) is 5.57. The number of rotatable bonds is 0. The molecule has 0 heterocycles. The van der Waals surface area contributed by atoms with Crippen molar-refractivity contribution >= 4 is 11.6 Å². The molecule has 1 heteroatoms. The lowest BCUT2D eigenvalue weighted by atomic mass is 10.1. The predicted octanol–water partition coefficient (Wildman–Crippen LogP) is 2.66. The highest BCUT2D eigenvalue weighted by Crippen LogP contribution is 2.19. The molecule has 0 bridgehead atoms. The van der Waals surface area contributed by atoms with Gasteiger partial charge in [-0.05, 0) is 18.9 Å². The zero-order chi connectivity index (χ0) is 5.98. The summed E-state index contributed by atoms with van der Waals surface area (Å²) >= 11 is 5.74. The second-order valence-corrected chi connectivity index (χ2v) is 2.28. The van der Waals surface area contributed by atoms with E-state index in [1.807, 2.05) is 19.4 Å². The summed E-state index contributed by atoms with van der Waals surface area (Å²) in [6, 6.07) is 0. The highest BCUT2D eigenvalue weighted by Gasteiger charge is 1.99. The van der Waals surface area contributed by atoms with Gasteiger partial charge in [0.15, 0.2) is 0 Å². The first-order chi connectivity index (χ1) is 3.80. The standard InChI is InChI=1S/C7H8Cl/c1-6-4-2-3-5-7(6)8/h2,4-5H,3H2,1H3. The molecule has 1 aliphatic rings. The molecule has 0 aromatic rings. The molecular weight excluding hydrogens is 120 g/mol. The molecular formula is C7H8Cl. The van der Waals surface area contributed by atoms with E-state index in [9.17, 15) is 0 Å². The van der Waals surface area contributed by atoms with Crippen LogP contribution < -0.4 is 0 Å². The van der Waals surface area contributed by atoms with Crippen molar-refractivity contribution in [2.45, 2.75) is 13.3 Å². The van der Waals surface area contributed by atoms with Crippen LogP contribution in [0.25, 0.3) is 0 Å². The first kappa shape index (κ1) is 5.90. The van der Waals surface area contributed by atoms with Crippen molar-refractivity contribution in [1.29, 1.82) is 0 Å². The van der Waals surface area contributed by atoms with Crippen molar-refractivity contribution in [3.05, 3.63) is 29.2 Å². The van der Waals surface area contributed by atoms with Crippen molar-refractivity contribution in [2.75, 3.05) is 0 Å². The van der Waals surface area contributed by atoms with Crippen LogP contribution in [-0.4, -0.2) is 0 Å². The Kier molecular flexibility index (Phi) is 1.74. The lowest BCUT2D eigenvalue weighted by Gasteiger charge is -2.03. The zero-order valence-electron chi connectivity index (χ0n) is 4.82. The van der Waals surface area contributed by atoms with Gasteiger partial charge in [0.25, 0.3) is 0 Å². The number of hydrogen-bond donors (Lipinski definition) is 0. The summed E-state index contributed by atoms with van der Waals surface area (Å²) in [6.07, 6.45) is 7.14. The maximum atomic E-state index is 5.74. The molecule has 1 radical (unpaired) electrons. The molecule has 0 aliphatic heterocycles. The second-order valence-electron chi connectivity index (χ2n) is 1.87. The van der Waals surface area contributed by atoms with Crippen molar-refractivity contribution in [3.63, 3.8) is 0 Å². The van der Waals surface area contributed by atoms with Crippen molar-refractivity contribution < 1.29 is 0 Å². The minimum absolute atomic E-state index is 0.896. The van der Waals surface area contributed by atoms with Gasteiger partial charge in [-0.1, -0.05) is 23.8 Å². The molecule has 0 saturated carbocycles. The molecule has 43 valence electrons. The van der Waals surface area contributed by atoms with Gasteiger partial charge in [0, 0.05) is 11.5 Å². The molecule has 1 rings (SSSR count). The fourth-order valence-electron chi connectivity index (χ4n) is 0.657. The number of allylic oxidation sites excluding steroid dienone is 4. The molecule has 0 spiro atoms. The van der Waals surface area contributed by atoms with Crippen molar-refractivity contribution in [2.24, 2.45) is 0 Å². The van der Waals surface area contributed by atoms with Crippen LogP contribution in [0.2, 0.25) is 0 Å². The molecule has 0 N–H and O–H groups in total. The summed E-state index contributed by atoms with van der Waals surface area (Å²) in [6.45, 7) is 2.01. The van der Waals surface area contributed by atoms with Crippen LogP contribution in [-0.2, 0) is 0 Å². The van der Waals surface area contributed by atoms with Crippen molar-refractivity contribution in [1.82, 2.24) is 0 Å². The van der Waals surface area contributed by atoms with Crippen LogP contribution in [0.4, 0.5) is 0 Å². The van der Waals surface area contributed by atoms with Gasteiger partial charge >= 0.3 is 0 Å². The molecule has 0 amide bonds. The Bertz CT molecular complexity index is 142. The van der Waals surface area contributed by atoms with Gasteiger partial charge in [-0.25, -0.2) is 0 Å². The summed E-state index contributed by atoms with van der Waals surface area (Å²) in [5.41, 5.74) is 1.16. The highest BCUT2D eigenvalue weighted by atomic mass is 35.5. The van der Waals surface area contributed by atoms with Gasteiger partial charge in [0.05, 0.1) is 0 Å². The van der Waals surface area contributed by atoms with E-state index in [0.29, 0.717) is 0 Å². The Morgan fingerprint density at radius 3 is 2.75 bits per heavy atom. The fourth-order valence-corrected chi connectivity index (χ4v) is 0.809. The lowest BCUT2D eigenvalue weighted by molar-refractivity contribution is 1.21. The third kappa shape index (κ3) is 1.13. The fraction of sp³-hybridized carbons (Fsp3) is 0.286. The smallest absolute Gasteiger partial charge is 0.0250 e. The SMILES string of the molecule is CC1=C(Cl)[CH]CC=C1. The lowest BCUT2D eigenvalue weighted by Crippen LogP contribution is -1.84. The quantitative estimate of drug-likeness (QED) is 0.469. The maximum absolute atomic E-state index is 5.74. The minimum atomic E-state index is 0.896. The molecule has 0 fully saturated rings. The normalized spacial score (nSPS) is 19.8. The summed E-state index contributed by atoms with van der Waals surface area (Å²) in [4.78, 5) is 0. The van der Waals surface area contributed by atoms with Crippen LogP contribution >= 0.6 is 11.6 Å². The molecule has 0 aromatic heterocycles. The largest absolute Gasteiger partial charge is 0.0885 e. The first-order valence-corrected chi connectivity index (χ1v) is 3.04. The Balaban J connectivity index is 2.76. The van der Waals surface area contributed by atoms with E-state index in [-0.39, 0.29) is 0 Å². The number of halogens is 1. The number of hydrogen-bond acceptors (Lipinski definition) is 0. The average Bonchev–Trinajstić information content (AvgIpc) is 1.77. The molecule has 0 atom stereocenters. The second kappa shape index (κ2) is 2.36. The third-order valence-corrected chi connectivity index (χ3v) is 1.63. The minimum Gasteiger partial charge on any atom is -0.0885 e. The van der Waals surface area contributed by atoms with Crippen molar-refractivity contribution in [3.8, 4) is 0 Å². The topological polar surface area (TPSA) is 0 Å². The molecule has 0 aromatic carbocycles. The predicted molar refractivity (Wildman–Crippen MR) is 36.6 cm³/mol. The third-order valence-electron chi connectivity index (χ3n) is 1.18. The molecule has 1 aliphatic carbocycles. The van der Waals surface area contributed by atoms with E-state index in [4.69, 9.17) is 11.6 Å². The van der Waals surface area contributed by atoms with Gasteiger partial charge in [-0.2, -0.15) is 0 Å². The van der Waals surface area contributed by atoms with E-state index in [2.05, 4.69) is 6.08 Å². The maximum Gasteiger partial charge on any atom is 0.0250 e. The average molecular weight is 128 g/mol.